The zero-order valence-electron chi connectivity index (χ0n) is 10.5. The number of hydrogen-bond donors (Lipinski definition) is 1. The number of nitrogens with two attached hydrogens (primary N) is 1. The Hall–Kier alpha value is -0.850. The van der Waals surface area contributed by atoms with Gasteiger partial charge in [0.05, 0.1) is 8.93 Å². The van der Waals surface area contributed by atoms with Crippen molar-refractivity contribution in [3.63, 3.8) is 0 Å². The Labute approximate surface area is 129 Å². The van der Waals surface area contributed by atoms with E-state index < -0.39 is 0 Å². The largest absolute Gasteiger partial charge is 0.461 e. The van der Waals surface area contributed by atoms with E-state index in [0.717, 1.165) is 34.3 Å². The summed E-state index contributed by atoms with van der Waals surface area (Å²) in [5, 5.41) is 3.27. The smallest absolute Gasteiger partial charge is 0.134 e. The van der Waals surface area contributed by atoms with E-state index in [4.69, 9.17) is 10.2 Å². The first-order valence-electron chi connectivity index (χ1n) is 6.20. The third-order valence-corrected chi connectivity index (χ3v) is 5.10. The minimum absolute atomic E-state index is 0.113. The molecule has 3 rings (SSSR count). The molecule has 98 valence electrons. The highest BCUT2D eigenvalue weighted by Crippen LogP contribution is 2.34. The molecule has 0 saturated carbocycles. The van der Waals surface area contributed by atoms with Crippen molar-refractivity contribution in [2.24, 2.45) is 5.73 Å². The van der Waals surface area contributed by atoms with Crippen molar-refractivity contribution in [2.45, 2.75) is 19.4 Å². The van der Waals surface area contributed by atoms with Crippen molar-refractivity contribution in [3.05, 3.63) is 55.5 Å². The maximum Gasteiger partial charge on any atom is 0.134 e. The summed E-state index contributed by atoms with van der Waals surface area (Å²) >= 11 is 4.05. The molecule has 0 saturated heterocycles. The van der Waals surface area contributed by atoms with Gasteiger partial charge in [-0.3, -0.25) is 0 Å². The van der Waals surface area contributed by atoms with Crippen LogP contribution in [-0.4, -0.2) is 0 Å². The fraction of sp³-hybridized carbons (Fsp3) is 0.200. The van der Waals surface area contributed by atoms with E-state index in [2.05, 4.69) is 47.0 Å². The van der Waals surface area contributed by atoms with Crippen LogP contribution >= 0.6 is 33.9 Å². The molecule has 0 aliphatic heterocycles. The van der Waals surface area contributed by atoms with E-state index in [-0.39, 0.29) is 6.04 Å². The maximum atomic E-state index is 6.46. The number of fused-ring (bicyclic) bond motifs is 1. The van der Waals surface area contributed by atoms with Gasteiger partial charge in [-0.05, 0) is 45.7 Å². The normalized spacial score (nSPS) is 13.0. The number of halogens is 1. The van der Waals surface area contributed by atoms with Crippen LogP contribution in [0.5, 0.6) is 0 Å². The molecule has 0 aliphatic carbocycles. The zero-order chi connectivity index (χ0) is 13.4. The van der Waals surface area contributed by atoms with Crippen LogP contribution in [0, 0.1) is 2.88 Å². The number of furan rings is 1. The highest BCUT2D eigenvalue weighted by molar-refractivity contribution is 14.1. The topological polar surface area (TPSA) is 39.2 Å². The van der Waals surface area contributed by atoms with Crippen LogP contribution < -0.4 is 5.73 Å². The Morgan fingerprint density at radius 2 is 2.16 bits per heavy atom. The fourth-order valence-electron chi connectivity index (χ4n) is 2.37. The number of hydrogen-bond acceptors (Lipinski definition) is 3. The molecule has 0 bridgehead atoms. The predicted octanol–water partition coefficient (Wildman–Crippen LogP) is 4.71. The summed E-state index contributed by atoms with van der Waals surface area (Å²) in [6.07, 6.45) is 0.860. The molecule has 0 aliphatic rings. The first-order chi connectivity index (χ1) is 9.20. The summed E-state index contributed by atoms with van der Waals surface area (Å²) in [7, 11) is 0. The third kappa shape index (κ3) is 2.32. The molecular formula is C15H14INOS. The lowest BCUT2D eigenvalue weighted by Gasteiger charge is -2.10. The number of aryl methyl sites for hydroxylation is 1. The summed E-state index contributed by atoms with van der Waals surface area (Å²) < 4.78 is 7.18. The molecule has 0 spiro atoms. The molecule has 2 aromatic heterocycles. The van der Waals surface area contributed by atoms with Crippen molar-refractivity contribution in [1.29, 1.82) is 0 Å². The van der Waals surface area contributed by atoms with Gasteiger partial charge in [0, 0.05) is 17.4 Å². The Morgan fingerprint density at radius 1 is 1.37 bits per heavy atom. The monoisotopic (exact) mass is 383 g/mol. The van der Waals surface area contributed by atoms with E-state index in [1.807, 2.05) is 18.2 Å². The average Bonchev–Trinajstić information content (AvgIpc) is 3.01. The molecule has 2 nitrogen and oxygen atoms in total. The predicted molar refractivity (Wildman–Crippen MR) is 88.7 cm³/mol. The summed E-state index contributed by atoms with van der Waals surface area (Å²) in [6, 6.07) is 10.2. The summed E-state index contributed by atoms with van der Waals surface area (Å²) in [5.74, 6) is 0.995. The Morgan fingerprint density at radius 3 is 2.84 bits per heavy atom. The first kappa shape index (κ1) is 13.1. The van der Waals surface area contributed by atoms with E-state index in [1.165, 1.54) is 2.88 Å². The highest BCUT2D eigenvalue weighted by atomic mass is 127. The number of thiophene rings is 1. The quantitative estimate of drug-likeness (QED) is 0.666. The molecular weight excluding hydrogens is 369 g/mol. The van der Waals surface area contributed by atoms with E-state index in [1.54, 1.807) is 11.3 Å². The van der Waals surface area contributed by atoms with Gasteiger partial charge in [0.25, 0.3) is 0 Å². The van der Waals surface area contributed by atoms with E-state index in [0.29, 0.717) is 0 Å². The summed E-state index contributed by atoms with van der Waals surface area (Å²) in [5.41, 5.74) is 9.68. The van der Waals surface area contributed by atoms with Gasteiger partial charge in [-0.1, -0.05) is 25.1 Å². The molecule has 1 aromatic carbocycles. The molecule has 2 heterocycles. The zero-order valence-corrected chi connectivity index (χ0v) is 13.5. The summed E-state index contributed by atoms with van der Waals surface area (Å²) in [6.45, 7) is 2.10. The lowest BCUT2D eigenvalue weighted by atomic mass is 9.98. The second kappa shape index (κ2) is 5.26. The van der Waals surface area contributed by atoms with Crippen LogP contribution in [0.3, 0.4) is 0 Å². The van der Waals surface area contributed by atoms with Gasteiger partial charge in [-0.15, -0.1) is 11.3 Å². The molecule has 1 unspecified atom stereocenters. The Kier molecular flexibility index (Phi) is 3.64. The lowest BCUT2D eigenvalue weighted by Crippen LogP contribution is -2.12. The number of benzene rings is 1. The molecule has 1 atom stereocenters. The third-order valence-electron chi connectivity index (χ3n) is 3.29. The Balaban J connectivity index is 2.17. The van der Waals surface area contributed by atoms with Crippen molar-refractivity contribution < 1.29 is 4.42 Å². The van der Waals surface area contributed by atoms with Crippen LogP contribution in [0.25, 0.3) is 11.0 Å². The molecule has 4 heteroatoms. The SMILES string of the molecule is CCc1oc2ccccc2c1C(N)c1csc(I)c1. The lowest BCUT2D eigenvalue weighted by molar-refractivity contribution is 0.546. The summed E-state index contributed by atoms with van der Waals surface area (Å²) in [4.78, 5) is 0. The highest BCUT2D eigenvalue weighted by Gasteiger charge is 2.20. The van der Waals surface area contributed by atoms with E-state index in [9.17, 15) is 0 Å². The van der Waals surface area contributed by atoms with Crippen LogP contribution in [0.15, 0.2) is 40.1 Å². The maximum absolute atomic E-state index is 6.46. The standard InChI is InChI=1S/C15H14INOS/c1-2-11-14(10-5-3-4-6-12(10)18-11)15(17)9-7-13(16)19-8-9/h3-8,15H,2,17H2,1H3. The minimum Gasteiger partial charge on any atom is -0.461 e. The number of rotatable bonds is 3. The fourth-order valence-corrected chi connectivity index (χ4v) is 3.78. The average molecular weight is 383 g/mol. The van der Waals surface area contributed by atoms with Gasteiger partial charge in [0.1, 0.15) is 11.3 Å². The molecule has 0 fully saturated rings. The second-order valence-electron chi connectivity index (χ2n) is 4.45. The second-order valence-corrected chi connectivity index (χ2v) is 7.26. The molecule has 0 radical (unpaired) electrons. The van der Waals surface area contributed by atoms with Gasteiger partial charge >= 0.3 is 0 Å². The number of para-hydroxylation sites is 1. The van der Waals surface area contributed by atoms with E-state index >= 15 is 0 Å². The molecule has 3 aromatic rings. The van der Waals surface area contributed by atoms with Crippen LogP contribution in [0.2, 0.25) is 0 Å². The van der Waals surface area contributed by atoms with Gasteiger partial charge in [-0.25, -0.2) is 0 Å². The van der Waals surface area contributed by atoms with Crippen molar-refractivity contribution >= 4 is 44.9 Å². The van der Waals surface area contributed by atoms with Crippen LogP contribution in [-0.2, 0) is 6.42 Å². The molecule has 2 N–H and O–H groups in total. The van der Waals surface area contributed by atoms with Crippen LogP contribution in [0.4, 0.5) is 0 Å². The van der Waals surface area contributed by atoms with Gasteiger partial charge in [-0.2, -0.15) is 0 Å². The Bertz CT molecular complexity index is 716. The van der Waals surface area contributed by atoms with Crippen molar-refractivity contribution in [1.82, 2.24) is 0 Å². The minimum atomic E-state index is -0.113. The van der Waals surface area contributed by atoms with Gasteiger partial charge < -0.3 is 10.2 Å². The van der Waals surface area contributed by atoms with Gasteiger partial charge in [0.15, 0.2) is 0 Å². The van der Waals surface area contributed by atoms with Crippen LogP contribution in [0.1, 0.15) is 29.9 Å². The first-order valence-corrected chi connectivity index (χ1v) is 8.16. The van der Waals surface area contributed by atoms with Crippen molar-refractivity contribution in [2.75, 3.05) is 0 Å². The molecule has 19 heavy (non-hydrogen) atoms. The molecule has 0 amide bonds. The van der Waals surface area contributed by atoms with Gasteiger partial charge in [0.2, 0.25) is 0 Å². The van der Waals surface area contributed by atoms with Crippen molar-refractivity contribution in [3.8, 4) is 0 Å².